The Hall–Kier alpha value is -1.35. The fourth-order valence-electron chi connectivity index (χ4n) is 3.40. The lowest BCUT2D eigenvalue weighted by Gasteiger charge is -2.33. The lowest BCUT2D eigenvalue weighted by molar-refractivity contribution is -0.151. The summed E-state index contributed by atoms with van der Waals surface area (Å²) in [7, 11) is 0. The van der Waals surface area contributed by atoms with Crippen LogP contribution in [0.1, 0.15) is 32.8 Å². The standard InChI is InChI=1S/C16H23NO2/c1-4-14-16(3,15(18)19)12(2)10-17(14)11-13-8-6-5-7-9-13/h5-9,12,14H,4,10-11H2,1-3H3,(H,18,19)/t12-,14?,16+/m0/s1. The van der Waals surface area contributed by atoms with E-state index in [1.807, 2.05) is 25.1 Å². The summed E-state index contributed by atoms with van der Waals surface area (Å²) in [6, 6.07) is 10.4. The minimum Gasteiger partial charge on any atom is -0.481 e. The summed E-state index contributed by atoms with van der Waals surface area (Å²) >= 11 is 0. The Balaban J connectivity index is 2.21. The minimum absolute atomic E-state index is 0.111. The van der Waals surface area contributed by atoms with Gasteiger partial charge in [-0.1, -0.05) is 44.2 Å². The number of nitrogens with zero attached hydrogens (tertiary/aromatic N) is 1. The third-order valence-corrected chi connectivity index (χ3v) is 4.74. The van der Waals surface area contributed by atoms with Crippen molar-refractivity contribution < 1.29 is 9.90 Å². The summed E-state index contributed by atoms with van der Waals surface area (Å²) in [5.41, 5.74) is 0.617. The van der Waals surface area contributed by atoms with Crippen LogP contribution >= 0.6 is 0 Å². The molecule has 0 radical (unpaired) electrons. The largest absolute Gasteiger partial charge is 0.481 e. The highest BCUT2D eigenvalue weighted by Crippen LogP contribution is 2.43. The number of hydrogen-bond donors (Lipinski definition) is 1. The number of benzene rings is 1. The van der Waals surface area contributed by atoms with Gasteiger partial charge in [-0.2, -0.15) is 0 Å². The molecule has 1 fully saturated rings. The fraction of sp³-hybridized carbons (Fsp3) is 0.562. The third-order valence-electron chi connectivity index (χ3n) is 4.74. The average molecular weight is 261 g/mol. The van der Waals surface area contributed by atoms with Crippen LogP contribution in [-0.2, 0) is 11.3 Å². The molecular weight excluding hydrogens is 238 g/mol. The zero-order valence-electron chi connectivity index (χ0n) is 12.0. The monoisotopic (exact) mass is 261 g/mol. The molecule has 0 aliphatic carbocycles. The summed E-state index contributed by atoms with van der Waals surface area (Å²) in [6.07, 6.45) is 0.875. The Morgan fingerprint density at radius 1 is 1.42 bits per heavy atom. The number of aliphatic carboxylic acids is 1. The maximum absolute atomic E-state index is 11.7. The van der Waals surface area contributed by atoms with Crippen molar-refractivity contribution in [2.75, 3.05) is 6.54 Å². The molecule has 0 amide bonds. The van der Waals surface area contributed by atoms with Crippen LogP contribution in [0.4, 0.5) is 0 Å². The Kier molecular flexibility index (Phi) is 3.95. The highest BCUT2D eigenvalue weighted by molar-refractivity contribution is 5.76. The molecule has 0 spiro atoms. The first-order chi connectivity index (χ1) is 9.00. The van der Waals surface area contributed by atoms with Crippen LogP contribution in [0.15, 0.2) is 30.3 Å². The Labute approximate surface area is 115 Å². The topological polar surface area (TPSA) is 40.5 Å². The van der Waals surface area contributed by atoms with Crippen LogP contribution in [0, 0.1) is 11.3 Å². The first-order valence-electron chi connectivity index (χ1n) is 7.01. The van der Waals surface area contributed by atoms with E-state index in [0.717, 1.165) is 19.5 Å². The molecule has 3 nitrogen and oxygen atoms in total. The van der Waals surface area contributed by atoms with Gasteiger partial charge in [0.1, 0.15) is 0 Å². The molecule has 1 heterocycles. The van der Waals surface area contributed by atoms with Crippen LogP contribution in [0.3, 0.4) is 0 Å². The summed E-state index contributed by atoms with van der Waals surface area (Å²) in [5.74, 6) is -0.485. The van der Waals surface area contributed by atoms with E-state index in [4.69, 9.17) is 0 Å². The van der Waals surface area contributed by atoms with Gasteiger partial charge < -0.3 is 5.11 Å². The van der Waals surface area contributed by atoms with Gasteiger partial charge in [0, 0.05) is 19.1 Å². The molecule has 104 valence electrons. The quantitative estimate of drug-likeness (QED) is 0.905. The minimum atomic E-state index is -0.664. The van der Waals surface area contributed by atoms with E-state index in [9.17, 15) is 9.90 Å². The Bertz CT molecular complexity index is 445. The van der Waals surface area contributed by atoms with E-state index in [1.54, 1.807) is 0 Å². The van der Waals surface area contributed by atoms with Gasteiger partial charge in [0.2, 0.25) is 0 Å². The molecule has 1 aromatic rings. The van der Waals surface area contributed by atoms with Crippen molar-refractivity contribution in [2.45, 2.75) is 39.8 Å². The van der Waals surface area contributed by atoms with Crippen LogP contribution in [0.2, 0.25) is 0 Å². The number of carboxylic acid groups (broad SMARTS) is 1. The molecule has 1 aliphatic rings. The normalized spacial score (nSPS) is 31.5. The van der Waals surface area contributed by atoms with Crippen molar-refractivity contribution in [1.82, 2.24) is 4.90 Å². The van der Waals surface area contributed by atoms with Crippen molar-refractivity contribution in [3.8, 4) is 0 Å². The highest BCUT2D eigenvalue weighted by Gasteiger charge is 2.53. The smallest absolute Gasteiger partial charge is 0.311 e. The lowest BCUT2D eigenvalue weighted by Crippen LogP contribution is -2.43. The van der Waals surface area contributed by atoms with Crippen LogP contribution in [0.25, 0.3) is 0 Å². The maximum Gasteiger partial charge on any atom is 0.311 e. The zero-order valence-corrected chi connectivity index (χ0v) is 12.0. The lowest BCUT2D eigenvalue weighted by atomic mass is 9.75. The maximum atomic E-state index is 11.7. The SMILES string of the molecule is CCC1N(Cc2ccccc2)C[C@H](C)[C@@]1(C)C(=O)O. The van der Waals surface area contributed by atoms with Gasteiger partial charge in [0.25, 0.3) is 0 Å². The van der Waals surface area contributed by atoms with Crippen molar-refractivity contribution in [2.24, 2.45) is 11.3 Å². The molecule has 0 bridgehead atoms. The molecule has 1 N–H and O–H groups in total. The van der Waals surface area contributed by atoms with Crippen LogP contribution in [0.5, 0.6) is 0 Å². The van der Waals surface area contributed by atoms with Crippen LogP contribution < -0.4 is 0 Å². The Morgan fingerprint density at radius 2 is 2.05 bits per heavy atom. The number of hydrogen-bond acceptors (Lipinski definition) is 2. The van der Waals surface area contributed by atoms with E-state index in [0.29, 0.717) is 0 Å². The number of rotatable bonds is 4. The van der Waals surface area contributed by atoms with E-state index >= 15 is 0 Å². The second-order valence-electron chi connectivity index (χ2n) is 5.83. The second kappa shape index (κ2) is 5.33. The predicted octanol–water partition coefficient (Wildman–Crippen LogP) is 3.01. The molecule has 1 unspecified atom stereocenters. The van der Waals surface area contributed by atoms with Gasteiger partial charge >= 0.3 is 5.97 Å². The first kappa shape index (κ1) is 14.1. The zero-order chi connectivity index (χ0) is 14.0. The van der Waals surface area contributed by atoms with Crippen molar-refractivity contribution >= 4 is 5.97 Å². The molecule has 0 saturated carbocycles. The van der Waals surface area contributed by atoms with Crippen molar-refractivity contribution in [3.63, 3.8) is 0 Å². The predicted molar refractivity (Wildman–Crippen MR) is 75.8 cm³/mol. The number of carboxylic acids is 1. The second-order valence-corrected chi connectivity index (χ2v) is 5.83. The molecule has 1 aromatic carbocycles. The molecule has 3 heteroatoms. The van der Waals surface area contributed by atoms with Gasteiger partial charge in [-0.15, -0.1) is 0 Å². The molecule has 3 atom stereocenters. The van der Waals surface area contributed by atoms with Gasteiger partial charge in [0.15, 0.2) is 0 Å². The van der Waals surface area contributed by atoms with Crippen molar-refractivity contribution in [1.29, 1.82) is 0 Å². The molecule has 2 rings (SSSR count). The molecule has 0 aromatic heterocycles. The number of likely N-dealkylation sites (tertiary alicyclic amines) is 1. The average Bonchev–Trinajstić information content (AvgIpc) is 2.63. The summed E-state index contributed by atoms with van der Waals surface area (Å²) in [4.78, 5) is 14.0. The van der Waals surface area contributed by atoms with Gasteiger partial charge in [-0.25, -0.2) is 0 Å². The van der Waals surface area contributed by atoms with E-state index < -0.39 is 11.4 Å². The van der Waals surface area contributed by atoms with Gasteiger partial charge in [-0.05, 0) is 24.8 Å². The van der Waals surface area contributed by atoms with E-state index in [-0.39, 0.29) is 12.0 Å². The fourth-order valence-corrected chi connectivity index (χ4v) is 3.40. The summed E-state index contributed by atoms with van der Waals surface area (Å²) in [6.45, 7) is 7.74. The number of carbonyl (C=O) groups is 1. The molecular formula is C16H23NO2. The van der Waals surface area contributed by atoms with Crippen LogP contribution in [-0.4, -0.2) is 28.6 Å². The Morgan fingerprint density at radius 3 is 2.58 bits per heavy atom. The van der Waals surface area contributed by atoms with E-state index in [1.165, 1.54) is 5.56 Å². The summed E-state index contributed by atoms with van der Waals surface area (Å²) in [5, 5.41) is 9.60. The molecule has 1 aliphatic heterocycles. The molecule has 19 heavy (non-hydrogen) atoms. The van der Waals surface area contributed by atoms with Crippen molar-refractivity contribution in [3.05, 3.63) is 35.9 Å². The first-order valence-corrected chi connectivity index (χ1v) is 7.01. The molecule has 1 saturated heterocycles. The van der Waals surface area contributed by atoms with Gasteiger partial charge in [0.05, 0.1) is 5.41 Å². The third kappa shape index (κ3) is 2.39. The van der Waals surface area contributed by atoms with Gasteiger partial charge in [-0.3, -0.25) is 9.69 Å². The summed E-state index contributed by atoms with van der Waals surface area (Å²) < 4.78 is 0. The highest BCUT2D eigenvalue weighted by atomic mass is 16.4. The van der Waals surface area contributed by atoms with E-state index in [2.05, 4.69) is 30.9 Å².